The number of aromatic nitrogens is 1. The number of thioether (sulfide) groups is 1. The van der Waals surface area contributed by atoms with Crippen LogP contribution >= 0.6 is 35.5 Å². The minimum atomic E-state index is 0. The van der Waals surface area contributed by atoms with Crippen molar-refractivity contribution < 1.29 is 9.53 Å². The summed E-state index contributed by atoms with van der Waals surface area (Å²) in [5.41, 5.74) is 2.00. The lowest BCUT2D eigenvalue weighted by Gasteiger charge is -2.27. The second-order valence-electron chi connectivity index (χ2n) is 8.30. The fourth-order valence-electron chi connectivity index (χ4n) is 3.81. The summed E-state index contributed by atoms with van der Waals surface area (Å²) in [4.78, 5) is 23.7. The summed E-state index contributed by atoms with van der Waals surface area (Å²) in [7, 11) is 0. The number of ether oxygens (including phenoxy) is 1. The highest BCUT2D eigenvalue weighted by Crippen LogP contribution is 2.29. The monoisotopic (exact) mass is 505 g/mol. The zero-order valence-corrected chi connectivity index (χ0v) is 21.7. The molecule has 4 rings (SSSR count). The maximum Gasteiger partial charge on any atom is 0.233 e. The molecular weight excluding hydrogens is 474 g/mol. The van der Waals surface area contributed by atoms with Gasteiger partial charge in [0.2, 0.25) is 5.91 Å². The van der Waals surface area contributed by atoms with Crippen molar-refractivity contribution in [3.05, 3.63) is 54.1 Å². The molecule has 1 aliphatic rings. The molecule has 3 aromatic rings. The molecule has 0 atom stereocenters. The van der Waals surface area contributed by atoms with E-state index >= 15 is 0 Å². The number of morpholine rings is 1. The zero-order valence-electron chi connectivity index (χ0n) is 19.2. The molecule has 0 saturated carbocycles. The van der Waals surface area contributed by atoms with Crippen LogP contribution in [0.15, 0.2) is 53.4 Å². The van der Waals surface area contributed by atoms with Crippen molar-refractivity contribution in [3.8, 4) is 0 Å². The summed E-state index contributed by atoms with van der Waals surface area (Å²) < 4.78 is 6.56. The van der Waals surface area contributed by atoms with Gasteiger partial charge < -0.3 is 4.74 Å². The SMILES string of the molecule is CC(C)Sc1ccc(CC(=O)N(CCCN2CCOCC2)c2nc3ccccc3s2)cc1.Cl. The van der Waals surface area contributed by atoms with E-state index in [1.165, 1.54) is 4.90 Å². The van der Waals surface area contributed by atoms with Gasteiger partial charge in [0.05, 0.1) is 29.9 Å². The average molecular weight is 506 g/mol. The summed E-state index contributed by atoms with van der Waals surface area (Å²) in [6.07, 6.45) is 1.31. The molecular formula is C25H32ClN3O2S2. The van der Waals surface area contributed by atoms with Crippen LogP contribution in [-0.4, -0.2) is 60.4 Å². The second kappa shape index (κ2) is 12.7. The molecule has 0 bridgehead atoms. The third kappa shape index (κ3) is 7.42. The number of anilines is 1. The smallest absolute Gasteiger partial charge is 0.233 e. The van der Waals surface area contributed by atoms with Crippen LogP contribution in [-0.2, 0) is 16.0 Å². The minimum Gasteiger partial charge on any atom is -0.379 e. The zero-order chi connectivity index (χ0) is 22.3. The minimum absolute atomic E-state index is 0. The van der Waals surface area contributed by atoms with Crippen LogP contribution in [0.3, 0.4) is 0 Å². The predicted molar refractivity (Wildman–Crippen MR) is 142 cm³/mol. The van der Waals surface area contributed by atoms with Crippen molar-refractivity contribution >= 4 is 56.8 Å². The Labute approximate surface area is 210 Å². The van der Waals surface area contributed by atoms with Gasteiger partial charge in [-0.05, 0) is 36.2 Å². The molecule has 0 spiro atoms. The van der Waals surface area contributed by atoms with Crippen LogP contribution in [0.4, 0.5) is 5.13 Å². The number of thiazole rings is 1. The largest absolute Gasteiger partial charge is 0.379 e. The normalized spacial score (nSPS) is 14.4. The highest BCUT2D eigenvalue weighted by Gasteiger charge is 2.21. The van der Waals surface area contributed by atoms with Gasteiger partial charge >= 0.3 is 0 Å². The van der Waals surface area contributed by atoms with Crippen LogP contribution in [0.5, 0.6) is 0 Å². The molecule has 1 saturated heterocycles. The number of para-hydroxylation sites is 1. The van der Waals surface area contributed by atoms with Gasteiger partial charge in [0.1, 0.15) is 0 Å². The maximum absolute atomic E-state index is 13.4. The topological polar surface area (TPSA) is 45.7 Å². The first-order valence-corrected chi connectivity index (χ1v) is 13.0. The lowest BCUT2D eigenvalue weighted by Crippen LogP contribution is -2.39. The fourth-order valence-corrected chi connectivity index (χ4v) is 5.65. The molecule has 1 fully saturated rings. The van der Waals surface area contributed by atoms with Crippen molar-refractivity contribution in [1.82, 2.24) is 9.88 Å². The van der Waals surface area contributed by atoms with E-state index in [9.17, 15) is 4.79 Å². The Morgan fingerprint density at radius 3 is 2.58 bits per heavy atom. The van der Waals surface area contributed by atoms with Crippen LogP contribution in [0, 0.1) is 0 Å². The van der Waals surface area contributed by atoms with Crippen molar-refractivity contribution in [2.45, 2.75) is 36.8 Å². The predicted octanol–water partition coefficient (Wildman–Crippen LogP) is 5.52. The molecule has 0 unspecified atom stereocenters. The Balaban J connectivity index is 0.00000306. The van der Waals surface area contributed by atoms with E-state index in [4.69, 9.17) is 9.72 Å². The van der Waals surface area contributed by atoms with Crippen molar-refractivity contribution in [2.24, 2.45) is 0 Å². The molecule has 178 valence electrons. The molecule has 0 aliphatic carbocycles. The molecule has 1 aromatic heterocycles. The summed E-state index contributed by atoms with van der Waals surface area (Å²) >= 11 is 3.44. The molecule has 0 radical (unpaired) electrons. The van der Waals surface area contributed by atoms with E-state index in [0.717, 1.165) is 60.2 Å². The number of halogens is 1. The number of rotatable bonds is 9. The first-order valence-electron chi connectivity index (χ1n) is 11.3. The lowest BCUT2D eigenvalue weighted by atomic mass is 10.1. The number of fused-ring (bicyclic) bond motifs is 1. The van der Waals surface area contributed by atoms with E-state index in [1.807, 2.05) is 34.9 Å². The third-order valence-electron chi connectivity index (χ3n) is 5.42. The number of hydrogen-bond acceptors (Lipinski definition) is 6. The third-order valence-corrected chi connectivity index (χ3v) is 7.50. The van der Waals surface area contributed by atoms with E-state index in [-0.39, 0.29) is 18.3 Å². The summed E-state index contributed by atoms with van der Waals surface area (Å²) in [5.74, 6) is 0.107. The quantitative estimate of drug-likeness (QED) is 0.358. The van der Waals surface area contributed by atoms with Crippen LogP contribution in [0.1, 0.15) is 25.8 Å². The highest BCUT2D eigenvalue weighted by molar-refractivity contribution is 7.99. The van der Waals surface area contributed by atoms with Crippen molar-refractivity contribution in [3.63, 3.8) is 0 Å². The first-order chi connectivity index (χ1) is 15.6. The molecule has 2 aromatic carbocycles. The van der Waals surface area contributed by atoms with Crippen molar-refractivity contribution in [2.75, 3.05) is 44.3 Å². The fraction of sp³-hybridized carbons (Fsp3) is 0.440. The average Bonchev–Trinajstić information content (AvgIpc) is 3.22. The van der Waals surface area contributed by atoms with Gasteiger partial charge in [-0.25, -0.2) is 4.98 Å². The molecule has 2 heterocycles. The van der Waals surface area contributed by atoms with Crippen LogP contribution in [0.2, 0.25) is 0 Å². The number of benzene rings is 2. The van der Waals surface area contributed by atoms with Gasteiger partial charge in [0.15, 0.2) is 5.13 Å². The number of hydrogen-bond donors (Lipinski definition) is 0. The summed E-state index contributed by atoms with van der Waals surface area (Å²) in [5, 5.41) is 1.34. The Bertz CT molecular complexity index is 987. The number of carbonyl (C=O) groups is 1. The van der Waals surface area contributed by atoms with Gasteiger partial charge in [0, 0.05) is 36.3 Å². The molecule has 0 N–H and O–H groups in total. The molecule has 1 aliphatic heterocycles. The van der Waals surface area contributed by atoms with Crippen molar-refractivity contribution in [1.29, 1.82) is 0 Å². The van der Waals surface area contributed by atoms with Crippen LogP contribution < -0.4 is 4.90 Å². The number of amides is 1. The maximum atomic E-state index is 13.4. The van der Waals surface area contributed by atoms with Gasteiger partial charge in [0.25, 0.3) is 0 Å². The summed E-state index contributed by atoms with van der Waals surface area (Å²) in [6.45, 7) is 9.56. The number of nitrogens with zero attached hydrogens (tertiary/aromatic N) is 3. The number of carbonyl (C=O) groups excluding carboxylic acids is 1. The Morgan fingerprint density at radius 1 is 1.15 bits per heavy atom. The highest BCUT2D eigenvalue weighted by atomic mass is 35.5. The van der Waals surface area contributed by atoms with Gasteiger partial charge in [-0.3, -0.25) is 14.6 Å². The Morgan fingerprint density at radius 2 is 1.88 bits per heavy atom. The van der Waals surface area contributed by atoms with E-state index in [0.29, 0.717) is 18.2 Å². The molecule has 5 nitrogen and oxygen atoms in total. The second-order valence-corrected chi connectivity index (χ2v) is 11.0. The van der Waals surface area contributed by atoms with Gasteiger partial charge in [-0.2, -0.15) is 0 Å². The first kappa shape index (κ1) is 26.0. The van der Waals surface area contributed by atoms with E-state index in [2.05, 4.69) is 49.1 Å². The lowest BCUT2D eigenvalue weighted by molar-refractivity contribution is -0.118. The van der Waals surface area contributed by atoms with Gasteiger partial charge in [-0.1, -0.05) is 49.4 Å². The standard InChI is InChI=1S/C25H31N3O2S2.ClH/c1-19(2)31-21-10-8-20(9-11-21)18-24(29)28(13-5-12-27-14-16-30-17-15-27)25-26-22-6-3-4-7-23(22)32-25;/h3-4,6-11,19H,5,12-18H2,1-2H3;1H. The molecule has 1 amide bonds. The van der Waals surface area contributed by atoms with E-state index < -0.39 is 0 Å². The van der Waals surface area contributed by atoms with E-state index in [1.54, 1.807) is 11.3 Å². The Hall–Kier alpha value is -1.64. The Kier molecular flexibility index (Phi) is 10.0. The van der Waals surface area contributed by atoms with Crippen LogP contribution in [0.25, 0.3) is 10.2 Å². The van der Waals surface area contributed by atoms with Gasteiger partial charge in [-0.15, -0.1) is 24.2 Å². The summed E-state index contributed by atoms with van der Waals surface area (Å²) in [6, 6.07) is 16.5. The molecule has 33 heavy (non-hydrogen) atoms. The molecule has 8 heteroatoms.